The summed E-state index contributed by atoms with van der Waals surface area (Å²) in [5, 5.41) is 31.2. The summed E-state index contributed by atoms with van der Waals surface area (Å²) >= 11 is 0. The molecule has 1 saturated heterocycles. The number of nitrogen functional groups attached to an aromatic ring is 1. The van der Waals surface area contributed by atoms with Crippen LogP contribution in [-0.2, 0) is 42.7 Å². The Morgan fingerprint density at radius 3 is 2.45 bits per heavy atom. The molecule has 0 amide bonds. The zero-order chi connectivity index (χ0) is 31.0. The molecule has 1 aliphatic rings. The largest absolute Gasteiger partial charge is 0.505 e. The second-order valence-electron chi connectivity index (χ2n) is 8.52. The number of phosphoric acid groups is 3. The molecule has 230 valence electrons. The van der Waals surface area contributed by atoms with E-state index in [0.29, 0.717) is 0 Å². The summed E-state index contributed by atoms with van der Waals surface area (Å²) in [5.41, 5.74) is 5.51. The molecular formula is C18H23N6O15P3. The molecule has 21 nitrogen and oxygen atoms in total. The highest BCUT2D eigenvalue weighted by Gasteiger charge is 2.48. The molecule has 1 fully saturated rings. The van der Waals surface area contributed by atoms with Gasteiger partial charge in [0, 0.05) is 11.8 Å². The number of pyridine rings is 1. The number of hydrogen-bond acceptors (Lipinski definition) is 17. The fraction of sp³-hybridized carbons (Fsp3) is 0.389. The maximum absolute atomic E-state index is 13.4. The van der Waals surface area contributed by atoms with E-state index < -0.39 is 67.0 Å². The van der Waals surface area contributed by atoms with Crippen molar-refractivity contribution in [2.75, 3.05) is 12.3 Å². The van der Waals surface area contributed by atoms with Gasteiger partial charge in [0.2, 0.25) is 0 Å². The molecule has 8 N–H and O–H groups in total. The van der Waals surface area contributed by atoms with E-state index in [9.17, 15) is 38.7 Å². The lowest BCUT2D eigenvalue weighted by Crippen LogP contribution is -2.33. The fourth-order valence-corrected chi connectivity index (χ4v) is 7.28. The van der Waals surface area contributed by atoms with Gasteiger partial charge in [-0.05, 0) is 6.92 Å². The van der Waals surface area contributed by atoms with Crippen molar-refractivity contribution in [1.82, 2.24) is 24.5 Å². The maximum Gasteiger partial charge on any atom is 0.490 e. The molecule has 3 aromatic heterocycles. The fourth-order valence-electron chi connectivity index (χ4n) is 3.73. The molecule has 4 heterocycles. The number of carbonyl (C=O) groups is 1. The van der Waals surface area contributed by atoms with Gasteiger partial charge in [0.15, 0.2) is 24.0 Å². The van der Waals surface area contributed by atoms with Crippen LogP contribution < -0.4 is 5.73 Å². The van der Waals surface area contributed by atoms with E-state index in [-0.39, 0.29) is 40.1 Å². The Morgan fingerprint density at radius 2 is 1.79 bits per heavy atom. The van der Waals surface area contributed by atoms with Gasteiger partial charge >= 0.3 is 23.5 Å². The van der Waals surface area contributed by atoms with Gasteiger partial charge in [-0.3, -0.25) is 23.4 Å². The molecule has 4 rings (SSSR count). The van der Waals surface area contributed by atoms with E-state index in [1.807, 2.05) is 0 Å². The highest BCUT2D eigenvalue weighted by atomic mass is 31.3. The second-order valence-corrected chi connectivity index (χ2v) is 13.2. The van der Waals surface area contributed by atoms with E-state index in [4.69, 9.17) is 29.3 Å². The van der Waals surface area contributed by atoms with Crippen molar-refractivity contribution in [2.45, 2.75) is 38.1 Å². The first-order valence-corrected chi connectivity index (χ1v) is 15.8. The number of fused-ring (bicyclic) bond motifs is 1. The van der Waals surface area contributed by atoms with Crippen LogP contribution in [0.4, 0.5) is 5.82 Å². The van der Waals surface area contributed by atoms with Crippen LogP contribution in [-0.4, -0.2) is 85.7 Å². The molecular weight excluding hydrogens is 633 g/mol. The maximum atomic E-state index is 13.4. The van der Waals surface area contributed by atoms with Gasteiger partial charge < -0.3 is 40.5 Å². The first-order chi connectivity index (χ1) is 19.5. The van der Waals surface area contributed by atoms with Crippen molar-refractivity contribution in [3.63, 3.8) is 0 Å². The summed E-state index contributed by atoms with van der Waals surface area (Å²) in [4.78, 5) is 54.6. The first kappa shape index (κ1) is 32.2. The smallest absolute Gasteiger partial charge is 0.490 e. The number of carbonyl (C=O) groups excluding carboxylic acids is 1. The highest BCUT2D eigenvalue weighted by Crippen LogP contribution is 2.68. The van der Waals surface area contributed by atoms with Gasteiger partial charge in [0.25, 0.3) is 0 Å². The summed E-state index contributed by atoms with van der Waals surface area (Å²) in [6, 6.07) is 0. The number of hydrogen-bond donors (Lipinski definition) is 7. The molecule has 0 spiro atoms. The van der Waals surface area contributed by atoms with Gasteiger partial charge in [-0.1, -0.05) is 0 Å². The Morgan fingerprint density at radius 1 is 1.07 bits per heavy atom. The van der Waals surface area contributed by atoms with E-state index in [1.54, 1.807) is 0 Å². The van der Waals surface area contributed by atoms with Crippen LogP contribution in [0, 0.1) is 6.92 Å². The van der Waals surface area contributed by atoms with Gasteiger partial charge in [0.05, 0.1) is 30.8 Å². The molecule has 0 saturated carbocycles. The number of ether oxygens (including phenoxy) is 1. The number of aromatic hydroxyl groups is 1. The summed E-state index contributed by atoms with van der Waals surface area (Å²) in [6.45, 7) is -0.540. The molecule has 6 atom stereocenters. The molecule has 2 unspecified atom stereocenters. The number of aliphatic hydroxyl groups excluding tert-OH is 2. The lowest BCUT2D eigenvalue weighted by Gasteiger charge is -2.22. The molecule has 0 bridgehead atoms. The zero-order valence-electron chi connectivity index (χ0n) is 21.0. The topological polar surface area (TPSA) is 318 Å². The minimum absolute atomic E-state index is 0.0164. The number of anilines is 1. The van der Waals surface area contributed by atoms with Crippen LogP contribution in [0.15, 0.2) is 18.9 Å². The number of nitrogens with zero attached hydrogens (tertiary/aromatic N) is 5. The predicted molar refractivity (Wildman–Crippen MR) is 134 cm³/mol. The van der Waals surface area contributed by atoms with Crippen molar-refractivity contribution in [1.29, 1.82) is 0 Å². The second kappa shape index (κ2) is 12.1. The van der Waals surface area contributed by atoms with Crippen LogP contribution in [0.25, 0.3) is 11.2 Å². The Balaban J connectivity index is 1.56. The lowest BCUT2D eigenvalue weighted by atomic mass is 10.1. The van der Waals surface area contributed by atoms with Crippen LogP contribution in [0.2, 0.25) is 0 Å². The van der Waals surface area contributed by atoms with Crippen molar-refractivity contribution in [2.24, 2.45) is 0 Å². The molecule has 3 aromatic rings. The number of imidazole rings is 1. The minimum atomic E-state index is -5.87. The third-order valence-electron chi connectivity index (χ3n) is 5.66. The van der Waals surface area contributed by atoms with Crippen molar-refractivity contribution in [3.05, 3.63) is 35.7 Å². The summed E-state index contributed by atoms with van der Waals surface area (Å²) < 4.78 is 61.4. The van der Waals surface area contributed by atoms with E-state index >= 15 is 0 Å². The Hall–Kier alpha value is -2.74. The monoisotopic (exact) mass is 656 g/mol. The summed E-state index contributed by atoms with van der Waals surface area (Å²) in [6.07, 6.45) is -2.74. The van der Waals surface area contributed by atoms with Crippen LogP contribution in [0.5, 0.6) is 5.75 Å². The molecule has 0 radical (unpaired) electrons. The standard InChI is InChI=1S/C18H23N6O15P3/c1-8-13(26)10(3-25)9(2-20-8)4-35-42(34,39-41(32,33)38-40(29,30)31)36-5-11-14(27)15(28)18(37-11)24-7-23-12-16(19)21-6-22-17(12)24/h2-3,6-7,11,14-15,18,26-28H,4-5H2,1H3,(H,32,33)(H2,19,21,22)(H2,29,30,31)/t11-,14-,15-,18-,42?/m1/s1. The number of aryl methyl sites for hydroxylation is 1. The SMILES string of the molecule is Cc1ncc(COP(=O)(OC[C@H]2O[C@@H](n3cnc4c(N)ncnc43)[C@H](O)[C@@H]2O)OP(=O)(O)OP(=O)(O)O)c(C=O)c1O. The minimum Gasteiger partial charge on any atom is -0.505 e. The average molecular weight is 656 g/mol. The predicted octanol–water partition coefficient (Wildman–Crippen LogP) is -0.183. The molecule has 42 heavy (non-hydrogen) atoms. The van der Waals surface area contributed by atoms with Gasteiger partial charge in [0.1, 0.15) is 35.9 Å². The Bertz CT molecular complexity index is 1630. The number of aliphatic hydroxyl groups is 2. The summed E-state index contributed by atoms with van der Waals surface area (Å²) in [5.74, 6) is -0.537. The Labute approximate surface area is 234 Å². The van der Waals surface area contributed by atoms with Crippen LogP contribution in [0.1, 0.15) is 27.8 Å². The average Bonchev–Trinajstić information content (AvgIpc) is 3.43. The zero-order valence-corrected chi connectivity index (χ0v) is 23.7. The molecule has 1 aliphatic heterocycles. The van der Waals surface area contributed by atoms with Gasteiger partial charge in [-0.25, -0.2) is 28.6 Å². The van der Waals surface area contributed by atoms with E-state index in [2.05, 4.69) is 28.6 Å². The van der Waals surface area contributed by atoms with Crippen molar-refractivity contribution < 1.29 is 70.9 Å². The first-order valence-electron chi connectivity index (χ1n) is 11.3. The number of phosphoric ester groups is 1. The number of aldehydes is 1. The van der Waals surface area contributed by atoms with Crippen LogP contribution in [0.3, 0.4) is 0 Å². The van der Waals surface area contributed by atoms with Crippen LogP contribution >= 0.6 is 23.5 Å². The number of nitrogens with two attached hydrogens (primary N) is 1. The molecule has 24 heteroatoms. The third-order valence-corrected chi connectivity index (χ3v) is 9.87. The van der Waals surface area contributed by atoms with Crippen molar-refractivity contribution in [3.8, 4) is 5.75 Å². The molecule has 0 aliphatic carbocycles. The van der Waals surface area contributed by atoms with Gasteiger partial charge in [-0.2, -0.15) is 8.62 Å². The third kappa shape index (κ3) is 7.07. The van der Waals surface area contributed by atoms with Crippen molar-refractivity contribution >= 4 is 46.7 Å². The molecule has 0 aromatic carbocycles. The highest BCUT2D eigenvalue weighted by molar-refractivity contribution is 7.66. The summed E-state index contributed by atoms with van der Waals surface area (Å²) in [7, 11) is -17.0. The number of rotatable bonds is 12. The lowest BCUT2D eigenvalue weighted by molar-refractivity contribution is -0.0515. The quantitative estimate of drug-likeness (QED) is 0.0981. The van der Waals surface area contributed by atoms with Gasteiger partial charge in [-0.15, -0.1) is 0 Å². The van der Waals surface area contributed by atoms with E-state index in [0.717, 1.165) is 12.5 Å². The number of aromatic nitrogens is 5. The normalized spacial score (nSPS) is 24.0. The van der Waals surface area contributed by atoms with E-state index in [1.165, 1.54) is 17.8 Å². The Kier molecular flexibility index (Phi) is 9.27.